The van der Waals surface area contributed by atoms with Crippen molar-refractivity contribution in [1.29, 1.82) is 0 Å². The average Bonchev–Trinajstić information content (AvgIpc) is 2.72. The first-order chi connectivity index (χ1) is 8.13. The fourth-order valence-corrected chi connectivity index (χ4v) is 1.98. The Kier molecular flexibility index (Phi) is 2.01. The van der Waals surface area contributed by atoms with Gasteiger partial charge in [0.1, 0.15) is 11.6 Å². The summed E-state index contributed by atoms with van der Waals surface area (Å²) in [6, 6.07) is 4.46. The van der Waals surface area contributed by atoms with Gasteiger partial charge < -0.3 is 4.98 Å². The molecule has 1 aromatic carbocycles. The van der Waals surface area contributed by atoms with Crippen LogP contribution >= 0.6 is 0 Å². The summed E-state index contributed by atoms with van der Waals surface area (Å²) in [5.74, 6) is 0.411. The number of aromatic amines is 1. The summed E-state index contributed by atoms with van der Waals surface area (Å²) in [5, 5.41) is 0. The van der Waals surface area contributed by atoms with Gasteiger partial charge in [0.05, 0.1) is 11.0 Å². The predicted molar refractivity (Wildman–Crippen MR) is 61.4 cm³/mol. The van der Waals surface area contributed by atoms with E-state index in [1.165, 1.54) is 19.1 Å². The van der Waals surface area contributed by atoms with Gasteiger partial charge in [-0.2, -0.15) is 0 Å². The van der Waals surface area contributed by atoms with E-state index < -0.39 is 0 Å². The Morgan fingerprint density at radius 1 is 1.53 bits per heavy atom. The molecule has 0 saturated heterocycles. The van der Waals surface area contributed by atoms with Crippen molar-refractivity contribution in [2.45, 2.75) is 13.3 Å². The number of nitrogens with zero attached hydrogens (tertiary/aromatic N) is 2. The number of Topliss-reactive ketones (excluding diaryl/α,β-unsaturated/α-hetero) is 1. The van der Waals surface area contributed by atoms with Gasteiger partial charge in [0.25, 0.3) is 0 Å². The van der Waals surface area contributed by atoms with Crippen molar-refractivity contribution in [1.82, 2.24) is 14.4 Å². The van der Waals surface area contributed by atoms with Crippen molar-refractivity contribution in [2.24, 2.45) is 0 Å². The number of H-pyrrole nitrogens is 1. The van der Waals surface area contributed by atoms with Crippen LogP contribution in [0.4, 0.5) is 4.39 Å². The third kappa shape index (κ3) is 1.60. The summed E-state index contributed by atoms with van der Waals surface area (Å²) >= 11 is 0. The lowest BCUT2D eigenvalue weighted by atomic mass is 10.2. The number of hydrogen-bond donors (Lipinski definition) is 1. The summed E-state index contributed by atoms with van der Waals surface area (Å²) in [5.41, 5.74) is 2.24. The van der Waals surface area contributed by atoms with Crippen LogP contribution in [0.5, 0.6) is 0 Å². The Morgan fingerprint density at radius 2 is 2.35 bits per heavy atom. The maximum Gasteiger partial charge on any atom is 0.212 e. The van der Waals surface area contributed by atoms with E-state index in [0.717, 1.165) is 11.2 Å². The molecule has 1 N–H and O–H groups in total. The molecular weight excluding hydrogens is 221 g/mol. The van der Waals surface area contributed by atoms with Crippen molar-refractivity contribution in [3.63, 3.8) is 0 Å². The Morgan fingerprint density at radius 3 is 3.12 bits per heavy atom. The molecule has 2 aromatic heterocycles. The molecule has 0 aliphatic heterocycles. The summed E-state index contributed by atoms with van der Waals surface area (Å²) in [7, 11) is 0. The first kappa shape index (κ1) is 10.0. The van der Waals surface area contributed by atoms with Crippen LogP contribution < -0.4 is 0 Å². The number of benzene rings is 1. The molecule has 0 unspecified atom stereocenters. The summed E-state index contributed by atoms with van der Waals surface area (Å²) < 4.78 is 14.8. The second-order valence-electron chi connectivity index (χ2n) is 4.10. The number of hydrogen-bond acceptors (Lipinski definition) is 2. The number of halogens is 1. The minimum Gasteiger partial charge on any atom is -0.327 e. The Labute approximate surface area is 96.1 Å². The molecule has 3 rings (SSSR count). The number of carbonyl (C=O) groups is 1. The number of ketones is 1. The third-order valence-electron chi connectivity index (χ3n) is 2.65. The van der Waals surface area contributed by atoms with Gasteiger partial charge in [-0.3, -0.25) is 9.20 Å². The van der Waals surface area contributed by atoms with E-state index in [-0.39, 0.29) is 11.6 Å². The van der Waals surface area contributed by atoms with Crippen molar-refractivity contribution in [2.75, 3.05) is 0 Å². The number of rotatable bonds is 2. The molecule has 2 heterocycles. The number of nitrogens with one attached hydrogen (secondary N) is 1. The fourth-order valence-electron chi connectivity index (χ4n) is 1.98. The summed E-state index contributed by atoms with van der Waals surface area (Å²) in [6.07, 6.45) is 2.18. The van der Waals surface area contributed by atoms with E-state index in [4.69, 9.17) is 0 Å². The molecule has 0 atom stereocenters. The molecule has 0 saturated carbocycles. The number of imidazole rings is 2. The van der Waals surface area contributed by atoms with Gasteiger partial charge in [-0.05, 0) is 19.1 Å². The van der Waals surface area contributed by atoms with Crippen molar-refractivity contribution in [3.05, 3.63) is 35.9 Å². The minimum absolute atomic E-state index is 0.0878. The highest BCUT2D eigenvalue weighted by Gasteiger charge is 2.09. The molecule has 5 heteroatoms. The van der Waals surface area contributed by atoms with Crippen LogP contribution in [0.25, 0.3) is 16.8 Å². The zero-order valence-electron chi connectivity index (χ0n) is 9.20. The van der Waals surface area contributed by atoms with E-state index in [1.807, 2.05) is 10.6 Å². The van der Waals surface area contributed by atoms with Crippen molar-refractivity contribution < 1.29 is 9.18 Å². The molecule has 0 aliphatic rings. The second-order valence-corrected chi connectivity index (χ2v) is 4.10. The highest BCUT2D eigenvalue weighted by molar-refractivity contribution is 5.81. The van der Waals surface area contributed by atoms with Crippen molar-refractivity contribution >= 4 is 22.6 Å². The standard InChI is InChI=1S/C12H10FN3O/c1-7(17)4-9-6-16-11-3-2-8(13)5-10(11)15-12(16)14-9/h2-3,5-6H,4H2,1H3,(H,14,15). The molecule has 0 radical (unpaired) electrons. The Bertz CT molecular complexity index is 726. The lowest BCUT2D eigenvalue weighted by molar-refractivity contribution is -0.116. The number of carbonyl (C=O) groups excluding carboxylic acids is 1. The smallest absolute Gasteiger partial charge is 0.212 e. The van der Waals surface area contributed by atoms with Crippen LogP contribution in [0.15, 0.2) is 24.4 Å². The van der Waals surface area contributed by atoms with Crippen LogP contribution in [0.1, 0.15) is 12.6 Å². The first-order valence-corrected chi connectivity index (χ1v) is 5.28. The zero-order chi connectivity index (χ0) is 12.0. The quantitative estimate of drug-likeness (QED) is 0.734. The van der Waals surface area contributed by atoms with Gasteiger partial charge in [0, 0.05) is 24.4 Å². The maximum atomic E-state index is 13.0. The van der Waals surface area contributed by atoms with E-state index in [9.17, 15) is 9.18 Å². The SMILES string of the molecule is CC(=O)Cc1cn2c(nc3cc(F)ccc32)[nH]1. The van der Waals surface area contributed by atoms with Crippen LogP contribution in [0, 0.1) is 5.82 Å². The average molecular weight is 231 g/mol. The monoisotopic (exact) mass is 231 g/mol. The molecule has 4 nitrogen and oxygen atoms in total. The molecule has 0 bridgehead atoms. The highest BCUT2D eigenvalue weighted by atomic mass is 19.1. The van der Waals surface area contributed by atoms with Crippen LogP contribution in [-0.4, -0.2) is 20.2 Å². The Hall–Kier alpha value is -2.17. The minimum atomic E-state index is -0.304. The third-order valence-corrected chi connectivity index (χ3v) is 2.65. The Balaban J connectivity index is 2.21. The highest BCUT2D eigenvalue weighted by Crippen LogP contribution is 2.18. The van der Waals surface area contributed by atoms with Gasteiger partial charge in [-0.1, -0.05) is 0 Å². The molecule has 0 aliphatic carbocycles. The maximum absolute atomic E-state index is 13.0. The summed E-state index contributed by atoms with van der Waals surface area (Å²) in [4.78, 5) is 18.3. The van der Waals surface area contributed by atoms with E-state index in [1.54, 1.807) is 6.07 Å². The van der Waals surface area contributed by atoms with E-state index >= 15 is 0 Å². The second kappa shape index (κ2) is 3.41. The molecule has 0 amide bonds. The molecule has 17 heavy (non-hydrogen) atoms. The van der Waals surface area contributed by atoms with Gasteiger partial charge >= 0.3 is 0 Å². The molecule has 0 spiro atoms. The molecule has 86 valence electrons. The topological polar surface area (TPSA) is 50.2 Å². The molecule has 3 aromatic rings. The predicted octanol–water partition coefficient (Wildman–Crippen LogP) is 2.09. The van der Waals surface area contributed by atoms with Crippen LogP contribution in [-0.2, 0) is 11.2 Å². The van der Waals surface area contributed by atoms with E-state index in [0.29, 0.717) is 17.7 Å². The summed E-state index contributed by atoms with van der Waals surface area (Å²) in [6.45, 7) is 1.54. The first-order valence-electron chi connectivity index (χ1n) is 5.28. The van der Waals surface area contributed by atoms with Crippen LogP contribution in [0.3, 0.4) is 0 Å². The normalized spacial score (nSPS) is 11.4. The van der Waals surface area contributed by atoms with Crippen molar-refractivity contribution in [3.8, 4) is 0 Å². The number of aromatic nitrogens is 3. The van der Waals surface area contributed by atoms with Gasteiger partial charge in [0.2, 0.25) is 5.78 Å². The van der Waals surface area contributed by atoms with Gasteiger partial charge in [-0.15, -0.1) is 0 Å². The fraction of sp³-hybridized carbons (Fsp3) is 0.167. The lowest BCUT2D eigenvalue weighted by Gasteiger charge is -1.91. The molecule has 0 fully saturated rings. The van der Waals surface area contributed by atoms with Gasteiger partial charge in [-0.25, -0.2) is 9.37 Å². The zero-order valence-corrected chi connectivity index (χ0v) is 9.20. The lowest BCUT2D eigenvalue weighted by Crippen LogP contribution is -1.96. The van der Waals surface area contributed by atoms with Gasteiger partial charge in [0.15, 0.2) is 0 Å². The van der Waals surface area contributed by atoms with E-state index in [2.05, 4.69) is 9.97 Å². The largest absolute Gasteiger partial charge is 0.327 e. The van der Waals surface area contributed by atoms with Crippen LogP contribution in [0.2, 0.25) is 0 Å². The number of fused-ring (bicyclic) bond motifs is 3. The molecular formula is C12H10FN3O.